The van der Waals surface area contributed by atoms with Crippen molar-refractivity contribution in [3.05, 3.63) is 36.0 Å². The Hall–Kier alpha value is -1.24. The number of rotatable bonds is 1. The van der Waals surface area contributed by atoms with Crippen LogP contribution >= 0.6 is 0 Å². The molecule has 2 aliphatic rings. The van der Waals surface area contributed by atoms with Crippen molar-refractivity contribution in [1.29, 1.82) is 0 Å². The molecule has 0 bridgehead atoms. The van der Waals surface area contributed by atoms with E-state index in [9.17, 15) is 0 Å². The van der Waals surface area contributed by atoms with E-state index in [1.165, 1.54) is 42.3 Å². The Labute approximate surface area is 95.9 Å². The molecule has 1 aromatic heterocycles. The lowest BCUT2D eigenvalue weighted by molar-refractivity contribution is 0.419. The lowest BCUT2D eigenvalue weighted by atomic mass is 9.87. The van der Waals surface area contributed by atoms with Crippen LogP contribution in [0, 0.1) is 11.8 Å². The third-order valence-corrected chi connectivity index (χ3v) is 4.53. The van der Waals surface area contributed by atoms with Crippen LogP contribution in [0.2, 0.25) is 0 Å². The van der Waals surface area contributed by atoms with Crippen LogP contribution in [0.1, 0.15) is 37.3 Å². The second-order valence-electron chi connectivity index (χ2n) is 5.58. The molecule has 0 spiro atoms. The minimum absolute atomic E-state index is 0.802. The summed E-state index contributed by atoms with van der Waals surface area (Å²) in [6.07, 6.45) is 5.80. The first-order valence-electron chi connectivity index (χ1n) is 6.48. The molecule has 2 fully saturated rings. The number of nitrogens with one attached hydrogen (secondary N) is 1. The molecular weight excluding hydrogens is 194 g/mol. The molecular formula is C15H17N. The number of hydrogen-bond donors (Lipinski definition) is 1. The van der Waals surface area contributed by atoms with E-state index in [1.807, 2.05) is 0 Å². The highest BCUT2D eigenvalue weighted by molar-refractivity contribution is 5.80. The molecule has 0 radical (unpaired) electrons. The summed E-state index contributed by atoms with van der Waals surface area (Å²) in [4.78, 5) is 3.60. The van der Waals surface area contributed by atoms with Crippen molar-refractivity contribution in [1.82, 2.24) is 4.98 Å². The van der Waals surface area contributed by atoms with E-state index in [4.69, 9.17) is 0 Å². The van der Waals surface area contributed by atoms with Gasteiger partial charge in [-0.2, -0.15) is 0 Å². The van der Waals surface area contributed by atoms with Gasteiger partial charge >= 0.3 is 0 Å². The fourth-order valence-electron chi connectivity index (χ4n) is 3.45. The normalized spacial score (nSPS) is 32.6. The quantitative estimate of drug-likeness (QED) is 0.731. The fraction of sp³-hybridized carbons (Fsp3) is 0.467. The van der Waals surface area contributed by atoms with Crippen LogP contribution in [-0.4, -0.2) is 4.98 Å². The van der Waals surface area contributed by atoms with Gasteiger partial charge in [0.25, 0.3) is 0 Å². The van der Waals surface area contributed by atoms with Crippen molar-refractivity contribution >= 4 is 10.9 Å². The first-order valence-corrected chi connectivity index (χ1v) is 6.48. The average molecular weight is 211 g/mol. The minimum atomic E-state index is 0.802. The van der Waals surface area contributed by atoms with Crippen LogP contribution in [0.5, 0.6) is 0 Å². The van der Waals surface area contributed by atoms with Gasteiger partial charge in [0.15, 0.2) is 0 Å². The zero-order valence-electron chi connectivity index (χ0n) is 9.45. The monoisotopic (exact) mass is 211 g/mol. The Kier molecular flexibility index (Phi) is 1.73. The summed E-state index contributed by atoms with van der Waals surface area (Å²) in [5.74, 6) is 2.96. The van der Waals surface area contributed by atoms with Gasteiger partial charge in [0.05, 0.1) is 0 Å². The molecule has 3 unspecified atom stereocenters. The third kappa shape index (κ3) is 1.31. The maximum atomic E-state index is 3.60. The molecule has 0 aliphatic heterocycles. The van der Waals surface area contributed by atoms with Gasteiger partial charge in [0.2, 0.25) is 0 Å². The standard InChI is InChI=1S/C15H17N/c1-2-4-14-11(3-1)9-15(16-14)12-6-5-10-7-13(10)8-12/h1-4,9-10,12-13,16H,5-8H2. The second-order valence-corrected chi connectivity index (χ2v) is 5.58. The first kappa shape index (κ1) is 8.86. The third-order valence-electron chi connectivity index (χ3n) is 4.53. The average Bonchev–Trinajstić information content (AvgIpc) is 2.97. The van der Waals surface area contributed by atoms with E-state index in [2.05, 4.69) is 35.3 Å². The summed E-state index contributed by atoms with van der Waals surface area (Å²) in [6.45, 7) is 0. The summed E-state index contributed by atoms with van der Waals surface area (Å²) in [7, 11) is 0. The Bertz CT molecular complexity index is 492. The Balaban J connectivity index is 1.70. The van der Waals surface area contributed by atoms with E-state index in [0.717, 1.165) is 17.8 Å². The van der Waals surface area contributed by atoms with Crippen LogP contribution in [0.25, 0.3) is 10.9 Å². The van der Waals surface area contributed by atoms with Gasteiger partial charge in [-0.05, 0) is 61.0 Å². The highest BCUT2D eigenvalue weighted by atomic mass is 14.7. The largest absolute Gasteiger partial charge is 0.358 e. The first-order chi connectivity index (χ1) is 7.90. The maximum Gasteiger partial charge on any atom is 0.0456 e. The molecule has 2 aliphatic carbocycles. The van der Waals surface area contributed by atoms with Crippen molar-refractivity contribution in [2.24, 2.45) is 11.8 Å². The molecule has 82 valence electrons. The van der Waals surface area contributed by atoms with E-state index in [0.29, 0.717) is 0 Å². The van der Waals surface area contributed by atoms with Crippen molar-refractivity contribution in [2.45, 2.75) is 31.6 Å². The molecule has 1 aromatic carbocycles. The van der Waals surface area contributed by atoms with Crippen LogP contribution in [0.15, 0.2) is 30.3 Å². The van der Waals surface area contributed by atoms with Gasteiger partial charge in [-0.3, -0.25) is 0 Å². The summed E-state index contributed by atoms with van der Waals surface area (Å²) in [6, 6.07) is 11.0. The van der Waals surface area contributed by atoms with Gasteiger partial charge in [0, 0.05) is 11.2 Å². The van der Waals surface area contributed by atoms with Crippen LogP contribution < -0.4 is 0 Å². The molecule has 0 saturated heterocycles. The van der Waals surface area contributed by atoms with Crippen LogP contribution in [-0.2, 0) is 0 Å². The number of H-pyrrole nitrogens is 1. The summed E-state index contributed by atoms with van der Waals surface area (Å²) in [5, 5.41) is 1.37. The predicted octanol–water partition coefficient (Wildman–Crippen LogP) is 4.07. The molecule has 2 aromatic rings. The fourth-order valence-corrected chi connectivity index (χ4v) is 3.45. The SMILES string of the molecule is c1ccc2[nH]c(C3CCC4CC4C3)cc2c1. The Morgan fingerprint density at radius 3 is 2.81 bits per heavy atom. The Morgan fingerprint density at radius 1 is 1.00 bits per heavy atom. The molecule has 1 heteroatoms. The molecule has 4 rings (SSSR count). The topological polar surface area (TPSA) is 15.8 Å². The zero-order chi connectivity index (χ0) is 10.5. The highest BCUT2D eigenvalue weighted by Crippen LogP contribution is 2.53. The molecule has 2 saturated carbocycles. The molecule has 16 heavy (non-hydrogen) atoms. The van der Waals surface area contributed by atoms with Crippen LogP contribution in [0.4, 0.5) is 0 Å². The van der Waals surface area contributed by atoms with E-state index >= 15 is 0 Å². The predicted molar refractivity (Wildman–Crippen MR) is 66.5 cm³/mol. The minimum Gasteiger partial charge on any atom is -0.358 e. The van der Waals surface area contributed by atoms with Gasteiger partial charge < -0.3 is 4.98 Å². The van der Waals surface area contributed by atoms with Gasteiger partial charge in [0.1, 0.15) is 0 Å². The van der Waals surface area contributed by atoms with Crippen molar-refractivity contribution in [3.63, 3.8) is 0 Å². The van der Waals surface area contributed by atoms with Gasteiger partial charge in [-0.15, -0.1) is 0 Å². The number of hydrogen-bond acceptors (Lipinski definition) is 0. The summed E-state index contributed by atoms with van der Waals surface area (Å²) >= 11 is 0. The smallest absolute Gasteiger partial charge is 0.0456 e. The molecule has 0 amide bonds. The number of aromatic amines is 1. The Morgan fingerprint density at radius 2 is 1.94 bits per heavy atom. The van der Waals surface area contributed by atoms with E-state index < -0.39 is 0 Å². The van der Waals surface area contributed by atoms with Gasteiger partial charge in [-0.25, -0.2) is 0 Å². The van der Waals surface area contributed by atoms with Gasteiger partial charge in [-0.1, -0.05) is 18.2 Å². The lowest BCUT2D eigenvalue weighted by Crippen LogP contribution is -2.06. The number of benzene rings is 1. The molecule has 1 heterocycles. The van der Waals surface area contributed by atoms with E-state index in [1.54, 1.807) is 0 Å². The van der Waals surface area contributed by atoms with Crippen molar-refractivity contribution in [3.8, 4) is 0 Å². The van der Waals surface area contributed by atoms with E-state index in [-0.39, 0.29) is 0 Å². The second kappa shape index (κ2) is 3.13. The zero-order valence-corrected chi connectivity index (χ0v) is 9.45. The molecule has 1 nitrogen and oxygen atoms in total. The number of aromatic nitrogens is 1. The van der Waals surface area contributed by atoms with Crippen LogP contribution in [0.3, 0.4) is 0 Å². The summed E-state index contributed by atoms with van der Waals surface area (Å²) < 4.78 is 0. The lowest BCUT2D eigenvalue weighted by Gasteiger charge is -2.19. The molecule has 3 atom stereocenters. The number of fused-ring (bicyclic) bond motifs is 2. The number of para-hydroxylation sites is 1. The summed E-state index contributed by atoms with van der Waals surface area (Å²) in [5.41, 5.74) is 2.78. The van der Waals surface area contributed by atoms with Crippen molar-refractivity contribution in [2.75, 3.05) is 0 Å². The van der Waals surface area contributed by atoms with Crippen molar-refractivity contribution < 1.29 is 0 Å². The maximum absolute atomic E-state index is 3.60. The highest BCUT2D eigenvalue weighted by Gasteiger charge is 2.42. The molecule has 1 N–H and O–H groups in total.